The molecular formula is C19H30N5O4+. The van der Waals surface area contributed by atoms with Gasteiger partial charge in [-0.2, -0.15) is 0 Å². The molecule has 0 aliphatic carbocycles. The molecule has 0 fully saturated rings. The summed E-state index contributed by atoms with van der Waals surface area (Å²) in [6, 6.07) is 7.67. The van der Waals surface area contributed by atoms with Crippen LogP contribution in [0.4, 0.5) is 0 Å². The lowest BCUT2D eigenvalue weighted by Crippen LogP contribution is -2.78. The molecule has 2 atom stereocenters. The van der Waals surface area contributed by atoms with Crippen LogP contribution >= 0.6 is 0 Å². The van der Waals surface area contributed by atoms with Crippen molar-refractivity contribution in [3.05, 3.63) is 35.9 Å². The fourth-order valence-electron chi connectivity index (χ4n) is 2.61. The molecule has 1 aromatic rings. The number of nitrogens with one attached hydrogen (secondary N) is 3. The van der Waals surface area contributed by atoms with Crippen molar-refractivity contribution >= 4 is 23.7 Å². The molecule has 2 amide bonds. The summed E-state index contributed by atoms with van der Waals surface area (Å²) in [5.74, 6) is -1.22. The topological polar surface area (TPSA) is 151 Å². The van der Waals surface area contributed by atoms with Gasteiger partial charge in [0.15, 0.2) is 0 Å². The van der Waals surface area contributed by atoms with Crippen LogP contribution in [0.2, 0.25) is 0 Å². The van der Waals surface area contributed by atoms with E-state index in [2.05, 4.69) is 15.6 Å². The molecule has 154 valence electrons. The van der Waals surface area contributed by atoms with E-state index in [4.69, 9.17) is 16.2 Å². The van der Waals surface area contributed by atoms with Crippen LogP contribution in [-0.4, -0.2) is 49.0 Å². The monoisotopic (exact) mass is 392 g/mol. The molecule has 1 aromatic carbocycles. The van der Waals surface area contributed by atoms with E-state index < -0.39 is 24.0 Å². The highest BCUT2D eigenvalue weighted by Gasteiger charge is 2.27. The maximum atomic E-state index is 12.7. The number of hydrogen-bond donors (Lipinski definition) is 5. The summed E-state index contributed by atoms with van der Waals surface area (Å²) in [6.45, 7) is 3.69. The molecule has 28 heavy (non-hydrogen) atoms. The van der Waals surface area contributed by atoms with Gasteiger partial charge in [-0.05, 0) is 25.3 Å². The Balaban J connectivity index is 2.82. The summed E-state index contributed by atoms with van der Waals surface area (Å²) in [6.07, 6.45) is 1.18. The lowest BCUT2D eigenvalue weighted by atomic mass is 10.0. The summed E-state index contributed by atoms with van der Waals surface area (Å²) in [5.41, 5.74) is 11.6. The molecule has 0 aliphatic heterocycles. The van der Waals surface area contributed by atoms with Crippen LogP contribution in [0.25, 0.3) is 0 Å². The number of guanidine groups is 1. The second-order valence-electron chi connectivity index (χ2n) is 6.28. The number of esters is 1. The van der Waals surface area contributed by atoms with E-state index >= 15 is 0 Å². The fraction of sp³-hybridized carbons (Fsp3) is 0.474. The SMILES string of the molecule is CCOC(=O)[C@H](CCC[NH+]=C(N)N)NC(=O)[C@H](Cc1ccccc1)NC(C)=O. The van der Waals surface area contributed by atoms with Crippen LogP contribution in [0.5, 0.6) is 0 Å². The third-order valence-corrected chi connectivity index (χ3v) is 3.86. The largest absolute Gasteiger partial charge is 0.464 e. The Morgan fingerprint density at radius 1 is 1.11 bits per heavy atom. The maximum Gasteiger partial charge on any atom is 0.338 e. The molecule has 0 heterocycles. The highest BCUT2D eigenvalue weighted by atomic mass is 16.5. The quantitative estimate of drug-likeness (QED) is 0.126. The molecule has 0 aliphatic rings. The molecule has 0 saturated heterocycles. The van der Waals surface area contributed by atoms with Gasteiger partial charge >= 0.3 is 11.9 Å². The van der Waals surface area contributed by atoms with Crippen LogP contribution in [0, 0.1) is 0 Å². The highest BCUT2D eigenvalue weighted by Crippen LogP contribution is 2.06. The number of carbonyl (C=O) groups is 3. The first kappa shape index (κ1) is 22.9. The molecule has 7 N–H and O–H groups in total. The Morgan fingerprint density at radius 3 is 2.36 bits per heavy atom. The van der Waals surface area contributed by atoms with Gasteiger partial charge in [-0.1, -0.05) is 30.3 Å². The summed E-state index contributed by atoms with van der Waals surface area (Å²) in [4.78, 5) is 39.2. The molecule has 0 unspecified atom stereocenters. The van der Waals surface area contributed by atoms with Crippen molar-refractivity contribution in [2.45, 2.75) is 45.2 Å². The number of nitrogens with two attached hydrogens (primary N) is 2. The summed E-state index contributed by atoms with van der Waals surface area (Å²) in [7, 11) is 0. The minimum absolute atomic E-state index is 0.0882. The molecule has 0 spiro atoms. The molecule has 0 saturated carbocycles. The summed E-state index contributed by atoms with van der Waals surface area (Å²) < 4.78 is 5.05. The number of carbonyl (C=O) groups excluding carboxylic acids is 3. The minimum Gasteiger partial charge on any atom is -0.464 e. The molecule has 0 aromatic heterocycles. The third kappa shape index (κ3) is 9.02. The van der Waals surface area contributed by atoms with Crippen molar-refractivity contribution in [2.24, 2.45) is 11.5 Å². The van der Waals surface area contributed by atoms with Crippen molar-refractivity contribution in [3.8, 4) is 0 Å². The zero-order chi connectivity index (χ0) is 20.9. The fourth-order valence-corrected chi connectivity index (χ4v) is 2.61. The average Bonchev–Trinajstić information content (AvgIpc) is 2.64. The number of hydrogen-bond acceptors (Lipinski definition) is 4. The first-order chi connectivity index (χ1) is 13.3. The van der Waals surface area contributed by atoms with Crippen LogP contribution in [0.1, 0.15) is 32.3 Å². The molecule has 0 bridgehead atoms. The van der Waals surface area contributed by atoms with Gasteiger partial charge < -0.3 is 15.4 Å². The predicted molar refractivity (Wildman–Crippen MR) is 105 cm³/mol. The average molecular weight is 392 g/mol. The number of ether oxygens (including phenoxy) is 1. The van der Waals surface area contributed by atoms with E-state index in [0.29, 0.717) is 25.8 Å². The normalized spacial score (nSPS) is 12.4. The lowest BCUT2D eigenvalue weighted by Gasteiger charge is -2.22. The van der Waals surface area contributed by atoms with Gasteiger partial charge in [0.25, 0.3) is 0 Å². The Bertz CT molecular complexity index is 674. The van der Waals surface area contributed by atoms with Gasteiger partial charge in [0.2, 0.25) is 11.8 Å². The zero-order valence-corrected chi connectivity index (χ0v) is 16.4. The maximum absolute atomic E-state index is 12.7. The lowest BCUT2D eigenvalue weighted by molar-refractivity contribution is -0.459. The van der Waals surface area contributed by atoms with Gasteiger partial charge in [0.1, 0.15) is 12.1 Å². The van der Waals surface area contributed by atoms with E-state index in [1.54, 1.807) is 6.92 Å². The second-order valence-corrected chi connectivity index (χ2v) is 6.28. The van der Waals surface area contributed by atoms with E-state index in [1.165, 1.54) is 6.92 Å². The number of rotatable bonds is 11. The minimum atomic E-state index is -0.833. The Hall–Kier alpha value is -3.10. The molecule has 0 radical (unpaired) electrons. The van der Waals surface area contributed by atoms with Gasteiger partial charge in [0.05, 0.1) is 13.2 Å². The van der Waals surface area contributed by atoms with Gasteiger partial charge in [0, 0.05) is 13.3 Å². The Labute approximate surface area is 164 Å². The van der Waals surface area contributed by atoms with Crippen molar-refractivity contribution in [1.82, 2.24) is 10.6 Å². The third-order valence-electron chi connectivity index (χ3n) is 3.86. The zero-order valence-electron chi connectivity index (χ0n) is 16.4. The number of benzene rings is 1. The van der Waals surface area contributed by atoms with Crippen LogP contribution in [0.3, 0.4) is 0 Å². The Kier molecular flexibility index (Phi) is 10.1. The molecule has 9 nitrogen and oxygen atoms in total. The first-order valence-electron chi connectivity index (χ1n) is 9.23. The van der Waals surface area contributed by atoms with Crippen LogP contribution in [0.15, 0.2) is 30.3 Å². The Morgan fingerprint density at radius 2 is 1.79 bits per heavy atom. The first-order valence-corrected chi connectivity index (χ1v) is 9.23. The van der Waals surface area contributed by atoms with Crippen LogP contribution < -0.4 is 27.1 Å². The van der Waals surface area contributed by atoms with E-state index in [1.807, 2.05) is 30.3 Å². The molecule has 9 heteroatoms. The van der Waals surface area contributed by atoms with E-state index in [0.717, 1.165) is 5.56 Å². The molecular weight excluding hydrogens is 362 g/mol. The van der Waals surface area contributed by atoms with Crippen molar-refractivity contribution < 1.29 is 24.1 Å². The van der Waals surface area contributed by atoms with Gasteiger partial charge in [-0.15, -0.1) is 0 Å². The summed E-state index contributed by atoms with van der Waals surface area (Å²) in [5, 5.41) is 5.32. The smallest absolute Gasteiger partial charge is 0.338 e. The second kappa shape index (κ2) is 12.3. The summed E-state index contributed by atoms with van der Waals surface area (Å²) >= 11 is 0. The van der Waals surface area contributed by atoms with E-state index in [9.17, 15) is 14.4 Å². The van der Waals surface area contributed by atoms with Gasteiger partial charge in [-0.3, -0.25) is 26.0 Å². The van der Waals surface area contributed by atoms with E-state index in [-0.39, 0.29) is 18.5 Å². The molecule has 1 rings (SSSR count). The van der Waals surface area contributed by atoms with Crippen LogP contribution in [-0.2, 0) is 25.5 Å². The van der Waals surface area contributed by atoms with Crippen molar-refractivity contribution in [1.29, 1.82) is 0 Å². The standard InChI is InChI=1S/C19H29N5O4/c1-3-28-18(27)15(10-7-11-22-19(20)21)24-17(26)16(23-13(2)25)12-14-8-5-4-6-9-14/h4-6,8-9,15-16H,3,7,10-12H2,1-2H3,(H,23,25)(H,24,26)(H4,20,21,22)/p+1/t15-,16-/m0/s1. The number of amides is 2. The van der Waals surface area contributed by atoms with Gasteiger partial charge in [-0.25, -0.2) is 4.79 Å². The highest BCUT2D eigenvalue weighted by molar-refractivity contribution is 5.90. The van der Waals surface area contributed by atoms with Crippen molar-refractivity contribution in [2.75, 3.05) is 13.2 Å². The predicted octanol–water partition coefficient (Wildman–Crippen LogP) is -2.08. The van der Waals surface area contributed by atoms with Crippen molar-refractivity contribution in [3.63, 3.8) is 0 Å².